The van der Waals surface area contributed by atoms with Gasteiger partial charge in [-0.2, -0.15) is 11.8 Å². The van der Waals surface area contributed by atoms with Crippen molar-refractivity contribution in [3.8, 4) is 0 Å². The Morgan fingerprint density at radius 2 is 1.93 bits per heavy atom. The van der Waals surface area contributed by atoms with E-state index in [-0.39, 0.29) is 29.6 Å². The normalized spacial score (nSPS) is 32.2. The van der Waals surface area contributed by atoms with Gasteiger partial charge in [-0.1, -0.05) is 12.8 Å². The first-order chi connectivity index (χ1) is 13.2. The van der Waals surface area contributed by atoms with E-state index in [0.29, 0.717) is 25.0 Å². The smallest absolute Gasteiger partial charge is 0.547 e. The number of aliphatic carboxylic acids is 1. The third kappa shape index (κ3) is 7.44. The summed E-state index contributed by atoms with van der Waals surface area (Å²) in [5, 5.41) is 12.0. The van der Waals surface area contributed by atoms with Gasteiger partial charge in [0, 0.05) is 36.7 Å². The van der Waals surface area contributed by atoms with E-state index in [0.717, 1.165) is 50.1 Å². The molecule has 3 aliphatic rings. The maximum Gasteiger partial charge on any atom is 1.00 e. The van der Waals surface area contributed by atoms with Crippen molar-refractivity contribution in [2.45, 2.75) is 88.2 Å². The van der Waals surface area contributed by atoms with Gasteiger partial charge in [-0.15, -0.1) is 0 Å². The third-order valence-corrected chi connectivity index (χ3v) is 7.95. The molecule has 1 saturated heterocycles. The van der Waals surface area contributed by atoms with Crippen LogP contribution in [0, 0.1) is 5.92 Å². The molecule has 3 fully saturated rings. The van der Waals surface area contributed by atoms with Crippen LogP contribution in [0.15, 0.2) is 0 Å². The molecule has 156 valence electrons. The van der Waals surface area contributed by atoms with Gasteiger partial charge in [-0.25, -0.2) is 0 Å². The Labute approximate surface area is 196 Å². The standard InChI is InChI=1S/C21H37NO4S.Na/c1-2-25-19(21(23)24)15-16-7-9-17(10-8-16)26-13-11-22-12-14-27-20-6-4-3-5-18(20)22;/h16-20H,2-15H2,1H3,(H,23,24);/q;+1/p-1. The fourth-order valence-corrected chi connectivity index (χ4v) is 6.57. The summed E-state index contributed by atoms with van der Waals surface area (Å²) in [5.74, 6) is 0.614. The van der Waals surface area contributed by atoms with E-state index in [4.69, 9.17) is 9.47 Å². The summed E-state index contributed by atoms with van der Waals surface area (Å²) in [6, 6.07) is 0.775. The van der Waals surface area contributed by atoms with Crippen molar-refractivity contribution in [2.75, 3.05) is 32.1 Å². The van der Waals surface area contributed by atoms with Gasteiger partial charge < -0.3 is 19.4 Å². The van der Waals surface area contributed by atoms with E-state index in [1.54, 1.807) is 0 Å². The molecule has 3 rings (SSSR count). The van der Waals surface area contributed by atoms with Gasteiger partial charge >= 0.3 is 29.6 Å². The Morgan fingerprint density at radius 3 is 2.64 bits per heavy atom. The van der Waals surface area contributed by atoms with Crippen molar-refractivity contribution in [1.82, 2.24) is 4.90 Å². The molecule has 0 bridgehead atoms. The van der Waals surface area contributed by atoms with E-state index in [1.165, 1.54) is 38.0 Å². The summed E-state index contributed by atoms with van der Waals surface area (Å²) in [6.07, 6.45) is 9.87. The minimum atomic E-state index is -1.07. The van der Waals surface area contributed by atoms with Gasteiger partial charge in [0.2, 0.25) is 0 Å². The first kappa shape index (κ1) is 25.0. The van der Waals surface area contributed by atoms with Gasteiger partial charge in [0.05, 0.1) is 24.8 Å². The van der Waals surface area contributed by atoms with Gasteiger partial charge in [-0.3, -0.25) is 4.90 Å². The molecule has 28 heavy (non-hydrogen) atoms. The van der Waals surface area contributed by atoms with Gasteiger partial charge in [0.15, 0.2) is 0 Å². The monoisotopic (exact) mass is 421 g/mol. The van der Waals surface area contributed by atoms with Gasteiger partial charge in [0.25, 0.3) is 0 Å². The van der Waals surface area contributed by atoms with Crippen LogP contribution in [0.3, 0.4) is 0 Å². The molecular weight excluding hydrogens is 385 g/mol. The molecule has 0 N–H and O–H groups in total. The van der Waals surface area contributed by atoms with Crippen molar-refractivity contribution in [3.05, 3.63) is 0 Å². The SMILES string of the molecule is CCOC(CC1CCC(OCCN2CCSC3CCCCC32)CC1)C(=O)[O-].[Na+]. The summed E-state index contributed by atoms with van der Waals surface area (Å²) in [4.78, 5) is 13.8. The van der Waals surface area contributed by atoms with Crippen LogP contribution in [0.4, 0.5) is 0 Å². The number of carbonyl (C=O) groups is 1. The number of nitrogens with zero attached hydrogens (tertiary/aromatic N) is 1. The number of carbonyl (C=O) groups excluding carboxylic acids is 1. The second kappa shape index (κ2) is 13.2. The molecule has 3 atom stereocenters. The average molecular weight is 422 g/mol. The molecule has 1 aliphatic heterocycles. The third-order valence-electron chi connectivity index (χ3n) is 6.55. The van der Waals surface area contributed by atoms with E-state index >= 15 is 0 Å². The van der Waals surface area contributed by atoms with Crippen molar-refractivity contribution in [3.63, 3.8) is 0 Å². The fraction of sp³-hybridized carbons (Fsp3) is 0.952. The maximum absolute atomic E-state index is 11.2. The predicted octanol–water partition coefficient (Wildman–Crippen LogP) is -0.529. The molecule has 5 nitrogen and oxygen atoms in total. The van der Waals surface area contributed by atoms with Crippen LogP contribution in [-0.2, 0) is 14.3 Å². The molecule has 0 aromatic heterocycles. The molecule has 0 aromatic carbocycles. The van der Waals surface area contributed by atoms with Gasteiger partial charge in [0.1, 0.15) is 0 Å². The Kier molecular flexibility index (Phi) is 11.8. The van der Waals surface area contributed by atoms with Crippen LogP contribution in [0.25, 0.3) is 0 Å². The van der Waals surface area contributed by atoms with E-state index in [9.17, 15) is 9.90 Å². The number of rotatable bonds is 9. The molecule has 0 aromatic rings. The molecule has 0 amide bonds. The number of hydrogen-bond acceptors (Lipinski definition) is 6. The molecule has 7 heteroatoms. The summed E-state index contributed by atoms with van der Waals surface area (Å²) < 4.78 is 11.5. The topological polar surface area (TPSA) is 61.8 Å². The quantitative estimate of drug-likeness (QED) is 0.467. The molecule has 0 radical (unpaired) electrons. The average Bonchev–Trinajstić information content (AvgIpc) is 2.69. The number of carboxylic acid groups (broad SMARTS) is 1. The summed E-state index contributed by atoms with van der Waals surface area (Å²) >= 11 is 2.18. The minimum Gasteiger partial charge on any atom is -0.547 e. The van der Waals surface area contributed by atoms with E-state index in [2.05, 4.69) is 16.7 Å². The first-order valence-corrected chi connectivity index (χ1v) is 12.0. The zero-order chi connectivity index (χ0) is 19.1. The Balaban J connectivity index is 0.00000280. The number of hydrogen-bond donors (Lipinski definition) is 0. The largest absolute Gasteiger partial charge is 1.00 e. The Hall–Kier alpha value is 0.700. The molecule has 2 aliphatic carbocycles. The zero-order valence-electron chi connectivity index (χ0n) is 17.8. The van der Waals surface area contributed by atoms with Crippen LogP contribution in [0.2, 0.25) is 0 Å². The summed E-state index contributed by atoms with van der Waals surface area (Å²) in [5.41, 5.74) is 0. The van der Waals surface area contributed by atoms with Crippen LogP contribution < -0.4 is 34.7 Å². The van der Waals surface area contributed by atoms with Crippen molar-refractivity contribution >= 4 is 17.7 Å². The van der Waals surface area contributed by atoms with Crippen LogP contribution in [0.1, 0.15) is 64.7 Å². The molecule has 3 unspecified atom stereocenters. The first-order valence-electron chi connectivity index (χ1n) is 11.0. The van der Waals surface area contributed by atoms with Crippen LogP contribution >= 0.6 is 11.8 Å². The summed E-state index contributed by atoms with van der Waals surface area (Å²) in [6.45, 7) is 5.37. The van der Waals surface area contributed by atoms with Crippen LogP contribution in [0.5, 0.6) is 0 Å². The van der Waals surface area contributed by atoms with E-state index < -0.39 is 12.1 Å². The summed E-state index contributed by atoms with van der Waals surface area (Å²) in [7, 11) is 0. The number of ether oxygens (including phenoxy) is 2. The fourth-order valence-electron chi connectivity index (χ4n) is 5.06. The molecule has 0 spiro atoms. The predicted molar refractivity (Wildman–Crippen MR) is 107 cm³/mol. The second-order valence-corrected chi connectivity index (χ2v) is 9.66. The molecular formula is C21H36NNaO4S. The van der Waals surface area contributed by atoms with Crippen molar-refractivity contribution < 1.29 is 48.9 Å². The Morgan fingerprint density at radius 1 is 1.18 bits per heavy atom. The van der Waals surface area contributed by atoms with Crippen molar-refractivity contribution in [1.29, 1.82) is 0 Å². The number of carboxylic acids is 1. The number of fused-ring (bicyclic) bond motifs is 1. The second-order valence-electron chi connectivity index (χ2n) is 8.31. The zero-order valence-corrected chi connectivity index (χ0v) is 20.6. The Bertz CT molecular complexity index is 460. The van der Waals surface area contributed by atoms with Crippen molar-refractivity contribution in [2.24, 2.45) is 5.92 Å². The molecule has 1 heterocycles. The van der Waals surface area contributed by atoms with Crippen LogP contribution in [-0.4, -0.2) is 66.4 Å². The van der Waals surface area contributed by atoms with Gasteiger partial charge in [-0.05, 0) is 57.8 Å². The minimum absolute atomic E-state index is 0. The molecule has 2 saturated carbocycles. The van der Waals surface area contributed by atoms with E-state index in [1.807, 2.05) is 6.92 Å². The number of thioether (sulfide) groups is 1. The maximum atomic E-state index is 11.2.